The van der Waals surface area contributed by atoms with E-state index >= 15 is 0 Å². The zero-order valence-corrected chi connectivity index (χ0v) is 11.3. The molecule has 8 heteroatoms. The van der Waals surface area contributed by atoms with Gasteiger partial charge in [-0.1, -0.05) is 0 Å². The maximum Gasteiger partial charge on any atom is 0.301 e. The highest BCUT2D eigenvalue weighted by Crippen LogP contribution is 2.13. The standard InChI is InChI=1S/C10H18N4O3S/c1-14(7-3-6-11)18(15,16)13-9-4-5-10(17-2)12-8-9/h4-5,8,13H,3,6-7,11H2,1-2H3. The van der Waals surface area contributed by atoms with E-state index in [1.165, 1.54) is 24.7 Å². The molecule has 0 radical (unpaired) electrons. The van der Waals surface area contributed by atoms with E-state index in [9.17, 15) is 8.42 Å². The fraction of sp³-hybridized carbons (Fsp3) is 0.500. The summed E-state index contributed by atoms with van der Waals surface area (Å²) < 4.78 is 32.3. The van der Waals surface area contributed by atoms with Crippen LogP contribution in [0.1, 0.15) is 6.42 Å². The lowest BCUT2D eigenvalue weighted by Crippen LogP contribution is -2.34. The number of hydrogen-bond acceptors (Lipinski definition) is 5. The summed E-state index contributed by atoms with van der Waals surface area (Å²) in [5.74, 6) is 0.425. The van der Waals surface area contributed by atoms with Gasteiger partial charge in [-0.25, -0.2) is 4.98 Å². The summed E-state index contributed by atoms with van der Waals surface area (Å²) in [6.07, 6.45) is 2.01. The third-order valence-corrected chi connectivity index (χ3v) is 3.78. The van der Waals surface area contributed by atoms with Crippen LogP contribution in [-0.4, -0.2) is 45.0 Å². The van der Waals surface area contributed by atoms with Gasteiger partial charge >= 0.3 is 10.2 Å². The quantitative estimate of drug-likeness (QED) is 0.731. The molecule has 0 fully saturated rings. The van der Waals surface area contributed by atoms with Crippen molar-refractivity contribution in [1.82, 2.24) is 9.29 Å². The molecular weight excluding hydrogens is 256 g/mol. The largest absolute Gasteiger partial charge is 0.481 e. The number of hydrogen-bond donors (Lipinski definition) is 2. The number of rotatable bonds is 7. The van der Waals surface area contributed by atoms with Crippen molar-refractivity contribution in [3.05, 3.63) is 18.3 Å². The van der Waals surface area contributed by atoms with Crippen molar-refractivity contribution in [2.75, 3.05) is 32.0 Å². The van der Waals surface area contributed by atoms with E-state index in [2.05, 4.69) is 9.71 Å². The summed E-state index contributed by atoms with van der Waals surface area (Å²) in [6.45, 7) is 0.819. The van der Waals surface area contributed by atoms with E-state index in [1.54, 1.807) is 12.1 Å². The number of pyridine rings is 1. The molecule has 7 nitrogen and oxygen atoms in total. The van der Waals surface area contributed by atoms with Crippen LogP contribution < -0.4 is 15.2 Å². The van der Waals surface area contributed by atoms with Gasteiger partial charge in [0.2, 0.25) is 5.88 Å². The summed E-state index contributed by atoms with van der Waals surface area (Å²) in [4.78, 5) is 3.92. The van der Waals surface area contributed by atoms with Crippen LogP contribution in [0.4, 0.5) is 5.69 Å². The van der Waals surface area contributed by atoms with Gasteiger partial charge in [0.15, 0.2) is 0 Å². The van der Waals surface area contributed by atoms with E-state index in [1.807, 2.05) is 0 Å². The molecule has 0 atom stereocenters. The minimum Gasteiger partial charge on any atom is -0.481 e. The highest BCUT2D eigenvalue weighted by Gasteiger charge is 2.16. The van der Waals surface area contributed by atoms with Crippen molar-refractivity contribution in [2.45, 2.75) is 6.42 Å². The lowest BCUT2D eigenvalue weighted by Gasteiger charge is -2.17. The van der Waals surface area contributed by atoms with Gasteiger partial charge in [0, 0.05) is 19.7 Å². The Morgan fingerprint density at radius 3 is 2.72 bits per heavy atom. The first-order chi connectivity index (χ1) is 8.49. The summed E-state index contributed by atoms with van der Waals surface area (Å²) in [5, 5.41) is 0. The Balaban J connectivity index is 2.69. The normalized spacial score (nSPS) is 11.6. The van der Waals surface area contributed by atoms with Crippen LogP contribution in [0, 0.1) is 0 Å². The minimum atomic E-state index is -3.56. The van der Waals surface area contributed by atoms with Crippen molar-refractivity contribution < 1.29 is 13.2 Å². The zero-order chi connectivity index (χ0) is 13.6. The van der Waals surface area contributed by atoms with E-state index in [-0.39, 0.29) is 0 Å². The molecule has 0 bridgehead atoms. The van der Waals surface area contributed by atoms with E-state index in [4.69, 9.17) is 10.5 Å². The predicted octanol–water partition coefficient (Wildman–Crippen LogP) is 0.0275. The number of nitrogens with one attached hydrogen (secondary N) is 1. The topological polar surface area (TPSA) is 97.5 Å². The van der Waals surface area contributed by atoms with E-state index < -0.39 is 10.2 Å². The van der Waals surface area contributed by atoms with Crippen molar-refractivity contribution in [3.63, 3.8) is 0 Å². The SMILES string of the molecule is COc1ccc(NS(=O)(=O)N(C)CCCN)cn1. The zero-order valence-electron chi connectivity index (χ0n) is 10.5. The highest BCUT2D eigenvalue weighted by atomic mass is 32.2. The molecule has 0 spiro atoms. The molecule has 0 aliphatic heterocycles. The molecule has 0 amide bonds. The number of methoxy groups -OCH3 is 1. The first kappa shape index (κ1) is 14.7. The number of nitrogens with zero attached hydrogens (tertiary/aromatic N) is 2. The molecule has 0 aliphatic rings. The summed E-state index contributed by atoms with van der Waals surface area (Å²) in [6, 6.07) is 3.16. The van der Waals surface area contributed by atoms with Crippen LogP contribution in [-0.2, 0) is 10.2 Å². The molecule has 102 valence electrons. The third kappa shape index (κ3) is 4.13. The van der Waals surface area contributed by atoms with Gasteiger partial charge in [-0.05, 0) is 19.0 Å². The number of aromatic nitrogens is 1. The molecule has 0 unspecified atom stereocenters. The molecular formula is C10H18N4O3S. The Bertz CT molecular complexity index is 461. The average molecular weight is 274 g/mol. The van der Waals surface area contributed by atoms with Gasteiger partial charge in [0.05, 0.1) is 19.0 Å². The van der Waals surface area contributed by atoms with E-state index in [0.29, 0.717) is 31.1 Å². The van der Waals surface area contributed by atoms with Gasteiger partial charge in [0.1, 0.15) is 0 Å². The van der Waals surface area contributed by atoms with Crippen molar-refractivity contribution >= 4 is 15.9 Å². The maximum atomic E-state index is 11.9. The second-order valence-corrected chi connectivity index (χ2v) is 5.44. The van der Waals surface area contributed by atoms with Crippen LogP contribution in [0.25, 0.3) is 0 Å². The number of ether oxygens (including phenoxy) is 1. The maximum absolute atomic E-state index is 11.9. The monoisotopic (exact) mass is 274 g/mol. The smallest absolute Gasteiger partial charge is 0.301 e. The van der Waals surface area contributed by atoms with Crippen LogP contribution in [0.3, 0.4) is 0 Å². The van der Waals surface area contributed by atoms with Crippen LogP contribution in [0.15, 0.2) is 18.3 Å². The molecule has 0 aliphatic carbocycles. The average Bonchev–Trinajstić information content (AvgIpc) is 2.36. The Labute approximate surface area is 107 Å². The summed E-state index contributed by atoms with van der Waals surface area (Å²) in [7, 11) is -0.570. The number of nitrogens with two attached hydrogens (primary N) is 1. The number of anilines is 1. The molecule has 18 heavy (non-hydrogen) atoms. The van der Waals surface area contributed by atoms with Crippen molar-refractivity contribution in [2.24, 2.45) is 5.73 Å². The lowest BCUT2D eigenvalue weighted by molar-refractivity contribution is 0.398. The van der Waals surface area contributed by atoms with Gasteiger partial charge in [-0.3, -0.25) is 4.72 Å². The van der Waals surface area contributed by atoms with Gasteiger partial charge in [-0.2, -0.15) is 12.7 Å². The Kier molecular flexibility index (Phi) is 5.32. The van der Waals surface area contributed by atoms with Crippen LogP contribution >= 0.6 is 0 Å². The first-order valence-electron chi connectivity index (χ1n) is 5.44. The Morgan fingerprint density at radius 1 is 1.50 bits per heavy atom. The molecule has 1 rings (SSSR count). The molecule has 1 aromatic rings. The van der Waals surface area contributed by atoms with Gasteiger partial charge in [0.25, 0.3) is 0 Å². The second-order valence-electron chi connectivity index (χ2n) is 3.66. The fourth-order valence-electron chi connectivity index (χ4n) is 1.22. The minimum absolute atomic E-state index is 0.370. The lowest BCUT2D eigenvalue weighted by atomic mass is 10.4. The van der Waals surface area contributed by atoms with Crippen molar-refractivity contribution in [3.8, 4) is 5.88 Å². The molecule has 0 saturated carbocycles. The van der Waals surface area contributed by atoms with Gasteiger partial charge in [-0.15, -0.1) is 0 Å². The molecule has 0 aromatic carbocycles. The fourth-order valence-corrected chi connectivity index (χ4v) is 2.17. The first-order valence-corrected chi connectivity index (χ1v) is 6.88. The van der Waals surface area contributed by atoms with Crippen LogP contribution in [0.2, 0.25) is 0 Å². The Hall–Kier alpha value is -1.38. The second kappa shape index (κ2) is 6.53. The molecule has 1 heterocycles. The van der Waals surface area contributed by atoms with E-state index in [0.717, 1.165) is 0 Å². The summed E-state index contributed by atoms with van der Waals surface area (Å²) in [5.41, 5.74) is 5.72. The summed E-state index contributed by atoms with van der Waals surface area (Å²) >= 11 is 0. The van der Waals surface area contributed by atoms with Crippen LogP contribution in [0.5, 0.6) is 5.88 Å². The molecule has 1 aromatic heterocycles. The molecule has 3 N–H and O–H groups in total. The third-order valence-electron chi connectivity index (χ3n) is 2.28. The molecule has 0 saturated heterocycles. The predicted molar refractivity (Wildman–Crippen MR) is 69.6 cm³/mol. The van der Waals surface area contributed by atoms with Gasteiger partial charge < -0.3 is 10.5 Å². The van der Waals surface area contributed by atoms with Crippen molar-refractivity contribution in [1.29, 1.82) is 0 Å². The highest BCUT2D eigenvalue weighted by molar-refractivity contribution is 7.90. The Morgan fingerprint density at radius 2 is 2.22 bits per heavy atom.